The number of aldehydes is 1. The van der Waals surface area contributed by atoms with Crippen LogP contribution in [0.15, 0.2) is 23.3 Å². The van der Waals surface area contributed by atoms with Crippen molar-refractivity contribution < 1.29 is 69.0 Å². The molecule has 5 fully saturated rings. The second kappa shape index (κ2) is 12.7. The van der Waals surface area contributed by atoms with Gasteiger partial charge in [-0.25, -0.2) is 4.79 Å². The van der Waals surface area contributed by atoms with Gasteiger partial charge in [-0.15, -0.1) is 0 Å². The predicted octanol–water partition coefficient (Wildman–Crippen LogP) is -1.01. The minimum Gasteiger partial charge on any atom is -0.458 e. The summed E-state index contributed by atoms with van der Waals surface area (Å²) in [5.41, 5.74) is -0.200. The van der Waals surface area contributed by atoms with Gasteiger partial charge in [0.05, 0.1) is 30.3 Å². The first-order valence-electron chi connectivity index (χ1n) is 17.2. The zero-order valence-corrected chi connectivity index (χ0v) is 27.0. The fourth-order valence-corrected chi connectivity index (χ4v) is 10.4. The van der Waals surface area contributed by atoms with Gasteiger partial charge in [-0.1, -0.05) is 18.6 Å². The number of rotatable bonds is 7. The van der Waals surface area contributed by atoms with E-state index >= 15 is 0 Å². The van der Waals surface area contributed by atoms with Crippen molar-refractivity contribution in [2.75, 3.05) is 19.8 Å². The van der Waals surface area contributed by atoms with Crippen LogP contribution in [0, 0.1) is 28.6 Å². The van der Waals surface area contributed by atoms with Crippen LogP contribution in [0.25, 0.3) is 0 Å². The molecule has 0 radical (unpaired) electrons. The van der Waals surface area contributed by atoms with E-state index in [0.717, 1.165) is 36.7 Å². The van der Waals surface area contributed by atoms with Crippen LogP contribution in [-0.4, -0.2) is 135 Å². The van der Waals surface area contributed by atoms with E-state index in [0.29, 0.717) is 32.1 Å². The van der Waals surface area contributed by atoms with E-state index in [2.05, 4.69) is 6.92 Å². The lowest BCUT2D eigenvalue weighted by Gasteiger charge is -2.61. The molecule has 16 atom stereocenters. The molecule has 4 aliphatic carbocycles. The number of allylic oxidation sites excluding steroid dienone is 1. The van der Waals surface area contributed by atoms with Crippen molar-refractivity contribution in [1.82, 2.24) is 0 Å². The van der Waals surface area contributed by atoms with Crippen LogP contribution in [-0.2, 0) is 33.3 Å². The van der Waals surface area contributed by atoms with Crippen LogP contribution in [0.2, 0.25) is 0 Å². The Hall–Kier alpha value is -1.82. The Kier molecular flexibility index (Phi) is 9.19. The quantitative estimate of drug-likeness (QED) is 0.0974. The summed E-state index contributed by atoms with van der Waals surface area (Å²) < 4.78 is 28.1. The van der Waals surface area contributed by atoms with E-state index in [1.54, 1.807) is 6.08 Å². The van der Waals surface area contributed by atoms with Crippen LogP contribution >= 0.6 is 0 Å². The Labute approximate surface area is 278 Å². The van der Waals surface area contributed by atoms with Crippen LogP contribution in [0.1, 0.15) is 58.3 Å². The molecule has 2 saturated heterocycles. The van der Waals surface area contributed by atoms with Gasteiger partial charge in [0.2, 0.25) is 0 Å². The van der Waals surface area contributed by atoms with Crippen LogP contribution in [0.3, 0.4) is 0 Å². The fourth-order valence-electron chi connectivity index (χ4n) is 10.4. The van der Waals surface area contributed by atoms with Crippen molar-refractivity contribution in [3.63, 3.8) is 0 Å². The van der Waals surface area contributed by atoms with E-state index in [1.807, 2.05) is 6.08 Å². The lowest BCUT2D eigenvalue weighted by atomic mass is 9.45. The molecule has 14 nitrogen and oxygen atoms in total. The van der Waals surface area contributed by atoms with Gasteiger partial charge in [-0.2, -0.15) is 0 Å². The van der Waals surface area contributed by atoms with Crippen molar-refractivity contribution in [1.29, 1.82) is 0 Å². The second-order valence-electron chi connectivity index (χ2n) is 15.2. The number of cyclic esters (lactones) is 1. The Morgan fingerprint density at radius 1 is 0.917 bits per heavy atom. The molecule has 7 aliphatic rings. The average molecular weight is 681 g/mol. The first kappa shape index (κ1) is 34.6. The molecule has 7 N–H and O–H groups in total. The lowest BCUT2D eigenvalue weighted by molar-refractivity contribution is -0.345. The third kappa shape index (κ3) is 5.26. The molecule has 0 spiro atoms. The number of ether oxygens (including phenoxy) is 5. The normalized spacial score (nSPS) is 52.0. The van der Waals surface area contributed by atoms with Crippen LogP contribution < -0.4 is 0 Å². The summed E-state index contributed by atoms with van der Waals surface area (Å²) in [6.45, 7) is 1.52. The number of hydrogen-bond acceptors (Lipinski definition) is 14. The van der Waals surface area contributed by atoms with Crippen molar-refractivity contribution in [2.45, 2.75) is 125 Å². The van der Waals surface area contributed by atoms with Gasteiger partial charge in [0.1, 0.15) is 55.6 Å². The number of fused-ring (bicyclic) bond motifs is 5. The summed E-state index contributed by atoms with van der Waals surface area (Å²) in [4.78, 5) is 24.9. The highest BCUT2D eigenvalue weighted by atomic mass is 16.7. The summed E-state index contributed by atoms with van der Waals surface area (Å²) in [5.74, 6) is -0.380. The first-order chi connectivity index (χ1) is 22.9. The van der Waals surface area contributed by atoms with E-state index in [-0.39, 0.29) is 36.9 Å². The van der Waals surface area contributed by atoms with Gasteiger partial charge >= 0.3 is 5.97 Å². The van der Waals surface area contributed by atoms with E-state index in [4.69, 9.17) is 23.7 Å². The van der Waals surface area contributed by atoms with Gasteiger partial charge in [-0.3, -0.25) is 0 Å². The van der Waals surface area contributed by atoms with Gasteiger partial charge < -0.3 is 64.2 Å². The Morgan fingerprint density at radius 3 is 2.40 bits per heavy atom. The van der Waals surface area contributed by atoms with E-state index in [1.165, 1.54) is 0 Å². The fraction of sp³-hybridized carbons (Fsp3) is 0.824. The average Bonchev–Trinajstić information content (AvgIpc) is 3.63. The summed E-state index contributed by atoms with van der Waals surface area (Å²) in [6.07, 6.45) is -3.81. The highest BCUT2D eigenvalue weighted by molar-refractivity contribution is 5.85. The van der Waals surface area contributed by atoms with Crippen molar-refractivity contribution in [3.8, 4) is 0 Å². The summed E-state index contributed by atoms with van der Waals surface area (Å²) in [5, 5.41) is 74.0. The molecule has 0 aromatic heterocycles. The Balaban J connectivity index is 1.01. The molecule has 3 saturated carbocycles. The molecular weight excluding hydrogens is 632 g/mol. The van der Waals surface area contributed by atoms with Crippen molar-refractivity contribution in [3.05, 3.63) is 23.3 Å². The number of carbonyl (C=O) groups excluding carboxylic acids is 2. The predicted molar refractivity (Wildman–Crippen MR) is 161 cm³/mol. The van der Waals surface area contributed by atoms with Gasteiger partial charge in [0.25, 0.3) is 0 Å². The maximum absolute atomic E-state index is 13.0. The maximum atomic E-state index is 13.0. The highest BCUT2D eigenvalue weighted by Gasteiger charge is 2.68. The smallest absolute Gasteiger partial charge is 0.331 e. The van der Waals surface area contributed by atoms with Gasteiger partial charge in [-0.05, 0) is 74.7 Å². The maximum Gasteiger partial charge on any atom is 0.331 e. The zero-order valence-electron chi connectivity index (χ0n) is 27.0. The molecule has 0 aromatic rings. The number of aliphatic hydroxyl groups is 7. The molecule has 0 amide bonds. The number of esters is 1. The molecule has 3 heterocycles. The molecule has 48 heavy (non-hydrogen) atoms. The minimum absolute atomic E-state index is 0.0399. The molecule has 1 unspecified atom stereocenters. The largest absolute Gasteiger partial charge is 0.458 e. The lowest BCUT2D eigenvalue weighted by Crippen LogP contribution is -2.62. The van der Waals surface area contributed by atoms with Crippen molar-refractivity contribution >= 4 is 12.3 Å². The van der Waals surface area contributed by atoms with Gasteiger partial charge in [0.15, 0.2) is 12.6 Å². The minimum atomic E-state index is -1.68. The monoisotopic (exact) mass is 680 g/mol. The molecular formula is C34H48O14. The molecule has 14 heteroatoms. The van der Waals surface area contributed by atoms with Gasteiger partial charge in [0, 0.05) is 11.5 Å². The summed E-state index contributed by atoms with van der Waals surface area (Å²) >= 11 is 0. The molecule has 7 rings (SSSR count). The SMILES string of the molecule is C[C@]12CC[C@H]3[C@@H](CCC4=CC(O[C@@H]5OC[C@@H](O[C@@H]6O[C@H](CO)[C@@H](O)[C@H](O)[C@H]6O)[C@H](O)[C@H]5O)CC[C@@]43C=O)[C@@]1(O)CC[C@@H]2C1=CC(=O)OC1. The standard InChI is InChI=1S/C34H48O14/c1-32-7-5-20-21(34(32,43)9-6-19(32)16-10-24(37)44-13-16)3-2-17-11-18(4-8-33(17,20)15-36)46-30-28(41)26(39)23(14-45-30)48-31-29(42)27(40)25(38)22(12-35)47-31/h10-11,15,18-23,25-31,35,38-43H,2-9,12-14H2,1H3/t18?,19-,20+,21-,22-,23-,25-,26+,27+,28-,29-,30+,31+,32-,33-,34+/m1/s1. The topological polar surface area (TPSA) is 222 Å². The molecule has 3 aliphatic heterocycles. The third-order valence-electron chi connectivity index (χ3n) is 13.1. The van der Waals surface area contributed by atoms with Crippen molar-refractivity contribution in [2.24, 2.45) is 28.6 Å². The molecule has 0 aromatic carbocycles. The Morgan fingerprint density at radius 2 is 1.69 bits per heavy atom. The number of aliphatic hydroxyl groups excluding tert-OH is 6. The van der Waals surface area contributed by atoms with E-state index < -0.39 is 84.4 Å². The number of hydrogen-bond donors (Lipinski definition) is 7. The van der Waals surface area contributed by atoms with Crippen LogP contribution in [0.5, 0.6) is 0 Å². The second-order valence-corrected chi connectivity index (χ2v) is 15.2. The molecule has 0 bridgehead atoms. The Bertz CT molecular complexity index is 1320. The number of carbonyl (C=O) groups is 2. The zero-order chi connectivity index (χ0) is 34.2. The first-order valence-corrected chi connectivity index (χ1v) is 17.2. The molecule has 268 valence electrons. The van der Waals surface area contributed by atoms with Crippen LogP contribution in [0.4, 0.5) is 0 Å². The highest BCUT2D eigenvalue weighted by Crippen LogP contribution is 2.69. The third-order valence-corrected chi connectivity index (χ3v) is 13.1. The van der Waals surface area contributed by atoms with E-state index in [9.17, 15) is 45.3 Å². The summed E-state index contributed by atoms with van der Waals surface area (Å²) in [7, 11) is 0. The summed E-state index contributed by atoms with van der Waals surface area (Å²) in [6, 6.07) is 0.